The van der Waals surface area contributed by atoms with Crippen LogP contribution in [0.15, 0.2) is 71.7 Å². The fourth-order valence-electron chi connectivity index (χ4n) is 3.25. The van der Waals surface area contributed by atoms with E-state index in [9.17, 15) is 0 Å². The van der Waals surface area contributed by atoms with Crippen LogP contribution in [0.5, 0.6) is 0 Å². The maximum atomic E-state index is 3.72. The highest BCUT2D eigenvalue weighted by atomic mass is 127. The molecule has 3 aromatic carbocycles. The molecule has 122 valence electrons. The molecule has 0 aliphatic rings. The number of hydrogen-bond donors (Lipinski definition) is 0. The third-order valence-corrected chi connectivity index (χ3v) is 5.36. The predicted octanol–water partition coefficient (Wildman–Crippen LogP) is 1.92. The van der Waals surface area contributed by atoms with E-state index in [1.54, 1.807) is 0 Å². The Morgan fingerprint density at radius 3 is 2.08 bits per heavy atom. The number of benzene rings is 3. The number of imidazole rings is 1. The van der Waals surface area contributed by atoms with E-state index in [2.05, 4.69) is 99.0 Å². The molecule has 0 radical (unpaired) electrons. The molecule has 1 aromatic heterocycles. The Balaban J connectivity index is 0.00000169. The molecule has 1 heterocycles. The summed E-state index contributed by atoms with van der Waals surface area (Å²) in [6.07, 6.45) is 4.27. The predicted molar refractivity (Wildman–Crippen MR) is 98.6 cm³/mol. The monoisotopic (exact) mass is 492 g/mol. The van der Waals surface area contributed by atoms with E-state index >= 15 is 0 Å². The number of aromatic nitrogens is 2. The summed E-state index contributed by atoms with van der Waals surface area (Å²) in [5, 5.41) is 5.25. The molecule has 0 unspecified atom stereocenters. The topological polar surface area (TPSA) is 8.81 Å². The van der Waals surface area contributed by atoms with Crippen molar-refractivity contribution < 1.29 is 28.5 Å². The van der Waals surface area contributed by atoms with Crippen molar-refractivity contribution >= 4 is 37.5 Å². The fraction of sp³-hybridized carbons (Fsp3) is 0.150. The number of nitrogens with zero attached hydrogens (tertiary/aromatic N) is 2. The van der Waals surface area contributed by atoms with Crippen LogP contribution in [0.25, 0.3) is 21.5 Å². The molecular formula is C20H18BrIN2. The third kappa shape index (κ3) is 2.97. The molecule has 4 aromatic rings. The molecule has 0 spiro atoms. The second-order valence-electron chi connectivity index (χ2n) is 5.78. The van der Waals surface area contributed by atoms with Crippen LogP contribution in [-0.2, 0) is 13.1 Å². The number of fused-ring (bicyclic) bond motifs is 2. The summed E-state index contributed by atoms with van der Waals surface area (Å²) in [7, 11) is 0. The summed E-state index contributed by atoms with van der Waals surface area (Å²) in [6, 6.07) is 19.6. The van der Waals surface area contributed by atoms with Gasteiger partial charge in [0.2, 0.25) is 0 Å². The second-order valence-corrected chi connectivity index (χ2v) is 6.49. The summed E-state index contributed by atoms with van der Waals surface area (Å²) >= 11 is 3.72. The van der Waals surface area contributed by atoms with Crippen LogP contribution in [0.3, 0.4) is 0 Å². The van der Waals surface area contributed by atoms with E-state index in [1.807, 2.05) is 0 Å². The van der Waals surface area contributed by atoms with Gasteiger partial charge in [0.1, 0.15) is 18.9 Å². The highest BCUT2D eigenvalue weighted by molar-refractivity contribution is 9.10. The zero-order valence-electron chi connectivity index (χ0n) is 13.4. The van der Waals surface area contributed by atoms with Crippen LogP contribution in [0, 0.1) is 0 Å². The van der Waals surface area contributed by atoms with E-state index in [0.29, 0.717) is 0 Å². The zero-order valence-corrected chi connectivity index (χ0v) is 17.2. The smallest absolute Gasteiger partial charge is 0.325 e. The quantitative estimate of drug-likeness (QED) is 0.235. The lowest BCUT2D eigenvalue weighted by Gasteiger charge is -2.10. The Morgan fingerprint density at radius 1 is 0.958 bits per heavy atom. The lowest BCUT2D eigenvalue weighted by atomic mass is 9.97. The molecule has 0 atom stereocenters. The molecular weight excluding hydrogens is 475 g/mol. The van der Waals surface area contributed by atoms with Gasteiger partial charge < -0.3 is 24.0 Å². The van der Waals surface area contributed by atoms with E-state index in [-0.39, 0.29) is 24.0 Å². The molecule has 0 aliphatic carbocycles. The van der Waals surface area contributed by atoms with Gasteiger partial charge in [0.25, 0.3) is 0 Å². The van der Waals surface area contributed by atoms with Gasteiger partial charge in [-0.2, -0.15) is 0 Å². The van der Waals surface area contributed by atoms with Crippen LogP contribution in [0.1, 0.15) is 12.5 Å². The maximum absolute atomic E-state index is 3.72. The summed E-state index contributed by atoms with van der Waals surface area (Å²) in [5.41, 5.74) is 1.37. The summed E-state index contributed by atoms with van der Waals surface area (Å²) in [6.45, 7) is 3.97. The van der Waals surface area contributed by atoms with Gasteiger partial charge in [0, 0.05) is 21.5 Å². The standard InChI is InChI=1S/C20H18BrN2.HI/c1-2-22-11-12-23(20(22)21)14-19-17-9-5-3-7-15(17)13-16-8-4-6-10-18(16)19;/h3-13H,2,14H2,1H3;1H/q+1;/p-1. The van der Waals surface area contributed by atoms with Crippen molar-refractivity contribution in [3.05, 3.63) is 77.3 Å². The number of halogens is 2. The molecule has 0 aliphatic heterocycles. The normalized spacial score (nSPS) is 10.9. The van der Waals surface area contributed by atoms with Gasteiger partial charge in [-0.25, -0.2) is 9.13 Å². The number of rotatable bonds is 3. The van der Waals surface area contributed by atoms with Crippen molar-refractivity contribution in [2.45, 2.75) is 20.0 Å². The SMILES string of the molecule is CCn1cc[n+](Cc2c3ccccc3cc3ccccc23)c1Br.[I-]. The molecule has 0 saturated carbocycles. The maximum Gasteiger partial charge on any atom is 0.325 e. The van der Waals surface area contributed by atoms with E-state index in [1.165, 1.54) is 27.1 Å². The lowest BCUT2D eigenvalue weighted by molar-refractivity contribution is -0.698. The summed E-state index contributed by atoms with van der Waals surface area (Å²) < 4.78 is 5.57. The van der Waals surface area contributed by atoms with Crippen LogP contribution < -0.4 is 28.5 Å². The molecule has 0 N–H and O–H groups in total. The van der Waals surface area contributed by atoms with Crippen molar-refractivity contribution in [1.29, 1.82) is 0 Å². The van der Waals surface area contributed by atoms with Crippen LogP contribution in [-0.4, -0.2) is 4.57 Å². The van der Waals surface area contributed by atoms with Crippen molar-refractivity contribution in [2.24, 2.45) is 0 Å². The zero-order chi connectivity index (χ0) is 15.8. The van der Waals surface area contributed by atoms with Gasteiger partial charge in [0.15, 0.2) is 0 Å². The average molecular weight is 493 g/mol. The van der Waals surface area contributed by atoms with E-state index < -0.39 is 0 Å². The van der Waals surface area contributed by atoms with Crippen molar-refractivity contribution in [3.63, 3.8) is 0 Å². The Labute approximate surface area is 167 Å². The van der Waals surface area contributed by atoms with Gasteiger partial charge in [-0.15, -0.1) is 0 Å². The molecule has 0 saturated heterocycles. The molecule has 4 rings (SSSR count). The van der Waals surface area contributed by atoms with Gasteiger partial charge in [-0.3, -0.25) is 0 Å². The third-order valence-electron chi connectivity index (χ3n) is 4.45. The van der Waals surface area contributed by atoms with Gasteiger partial charge in [-0.05, 0) is 34.5 Å². The minimum atomic E-state index is 0. The minimum Gasteiger partial charge on any atom is -1.00 e. The van der Waals surface area contributed by atoms with Gasteiger partial charge in [0.05, 0.1) is 6.54 Å². The number of aryl methyl sites for hydroxylation is 1. The Bertz CT molecular complexity index is 953. The lowest BCUT2D eigenvalue weighted by Crippen LogP contribution is -3.00. The van der Waals surface area contributed by atoms with Crippen molar-refractivity contribution in [1.82, 2.24) is 4.57 Å². The largest absolute Gasteiger partial charge is 1.00 e. The van der Waals surface area contributed by atoms with Crippen molar-refractivity contribution in [2.75, 3.05) is 0 Å². The fourth-order valence-corrected chi connectivity index (χ4v) is 3.86. The van der Waals surface area contributed by atoms with Crippen LogP contribution in [0.4, 0.5) is 0 Å². The molecule has 0 fully saturated rings. The Morgan fingerprint density at radius 2 is 1.54 bits per heavy atom. The van der Waals surface area contributed by atoms with Gasteiger partial charge >= 0.3 is 4.73 Å². The van der Waals surface area contributed by atoms with E-state index in [4.69, 9.17) is 0 Å². The van der Waals surface area contributed by atoms with E-state index in [0.717, 1.165) is 17.8 Å². The Kier molecular flexibility index (Phi) is 5.25. The highest BCUT2D eigenvalue weighted by Crippen LogP contribution is 2.28. The van der Waals surface area contributed by atoms with Gasteiger partial charge in [-0.1, -0.05) is 48.5 Å². The Hall–Kier alpha value is -1.40. The van der Waals surface area contributed by atoms with Crippen LogP contribution >= 0.6 is 15.9 Å². The molecule has 0 bridgehead atoms. The molecule has 2 nitrogen and oxygen atoms in total. The average Bonchev–Trinajstić information content (AvgIpc) is 2.94. The van der Waals surface area contributed by atoms with Crippen molar-refractivity contribution in [3.8, 4) is 0 Å². The molecule has 0 amide bonds. The molecule has 4 heteroatoms. The van der Waals surface area contributed by atoms with Crippen LogP contribution in [0.2, 0.25) is 0 Å². The molecule has 24 heavy (non-hydrogen) atoms. The second kappa shape index (κ2) is 7.23. The summed E-state index contributed by atoms with van der Waals surface area (Å²) in [4.78, 5) is 0. The summed E-state index contributed by atoms with van der Waals surface area (Å²) in [5.74, 6) is 0. The first-order valence-corrected chi connectivity index (χ1v) is 8.70. The first-order valence-electron chi connectivity index (χ1n) is 7.91. The number of hydrogen-bond acceptors (Lipinski definition) is 0. The first-order chi connectivity index (χ1) is 11.3. The minimum absolute atomic E-state index is 0. The first kappa shape index (κ1) is 17.4. The highest BCUT2D eigenvalue weighted by Gasteiger charge is 2.16.